The van der Waals surface area contributed by atoms with Crippen LogP contribution in [0.5, 0.6) is 0 Å². The van der Waals surface area contributed by atoms with Gasteiger partial charge in [-0.05, 0) is 19.8 Å². The second kappa shape index (κ2) is 7.01. The fourth-order valence-electron chi connectivity index (χ4n) is 1.39. The Morgan fingerprint density at radius 1 is 1.69 bits per heavy atom. The van der Waals surface area contributed by atoms with Crippen molar-refractivity contribution in [3.63, 3.8) is 0 Å². The van der Waals surface area contributed by atoms with Gasteiger partial charge in [0.2, 0.25) is 0 Å². The van der Waals surface area contributed by atoms with E-state index in [1.165, 1.54) is 0 Å². The van der Waals surface area contributed by atoms with Crippen molar-refractivity contribution in [2.45, 2.75) is 40.0 Å². The van der Waals surface area contributed by atoms with Gasteiger partial charge in [-0.15, -0.1) is 0 Å². The third-order valence-electron chi connectivity index (χ3n) is 1.97. The van der Waals surface area contributed by atoms with Crippen LogP contribution in [0.25, 0.3) is 0 Å². The number of ketones is 1. The van der Waals surface area contributed by atoms with Crippen molar-refractivity contribution in [2.24, 2.45) is 5.92 Å². The summed E-state index contributed by atoms with van der Waals surface area (Å²) in [6.07, 6.45) is 2.68. The van der Waals surface area contributed by atoms with Crippen molar-refractivity contribution in [2.75, 3.05) is 6.54 Å². The van der Waals surface area contributed by atoms with E-state index in [1.807, 2.05) is 20.8 Å². The number of carbonyl (C=O) groups is 1. The Morgan fingerprint density at radius 3 is 2.69 bits per heavy atom. The van der Waals surface area contributed by atoms with Crippen LogP contribution in [0.4, 0.5) is 0 Å². The monoisotopic (exact) mass is 203 g/mol. The molecule has 1 N–H and O–H groups in total. The highest BCUT2D eigenvalue weighted by Gasteiger charge is 2.27. The third-order valence-corrected chi connectivity index (χ3v) is 2.40. The summed E-state index contributed by atoms with van der Waals surface area (Å²) in [5, 5.41) is 3.03. The second-order valence-electron chi connectivity index (χ2n) is 2.81. The summed E-state index contributed by atoms with van der Waals surface area (Å²) in [7, 11) is 0. The smallest absolute Gasteiger partial charge is 0.142 e. The molecule has 0 aliphatic heterocycles. The summed E-state index contributed by atoms with van der Waals surface area (Å²) in [5.41, 5.74) is 0. The summed E-state index contributed by atoms with van der Waals surface area (Å²) in [5.74, 6) is 0.348. The highest BCUT2D eigenvalue weighted by molar-refractivity contribution is 7.80. The standard InChI is InChI=1S/C8H13NOS.C2H6.H2/c1-2-9-8(11)6-4-3-5-7(6)10;1-2;/h6H,2-5H2,1H3,(H,9,11);1-2H3;1H. The zero-order valence-corrected chi connectivity index (χ0v) is 9.54. The van der Waals surface area contributed by atoms with E-state index in [0.717, 1.165) is 30.8 Å². The predicted molar refractivity (Wildman–Crippen MR) is 62.1 cm³/mol. The largest absolute Gasteiger partial charge is 0.379 e. The number of hydrogen-bond acceptors (Lipinski definition) is 2. The maximum atomic E-state index is 11.2. The van der Waals surface area contributed by atoms with Crippen LogP contribution in [0.15, 0.2) is 0 Å². The Kier molecular flexibility index (Phi) is 6.77. The summed E-state index contributed by atoms with van der Waals surface area (Å²) in [6, 6.07) is 0. The zero-order valence-electron chi connectivity index (χ0n) is 8.72. The van der Waals surface area contributed by atoms with Crippen molar-refractivity contribution in [3.05, 3.63) is 0 Å². The number of nitrogens with one attached hydrogen (secondary N) is 1. The molecule has 0 aromatic carbocycles. The molecule has 0 aromatic rings. The Bertz CT molecular complexity index is 185. The minimum atomic E-state index is 0. The lowest BCUT2D eigenvalue weighted by Crippen LogP contribution is -2.30. The molecule has 0 bridgehead atoms. The molecular weight excluding hydrogens is 182 g/mol. The van der Waals surface area contributed by atoms with E-state index in [-0.39, 0.29) is 7.34 Å². The molecule has 0 aromatic heterocycles. The quantitative estimate of drug-likeness (QED) is 0.699. The van der Waals surface area contributed by atoms with Gasteiger partial charge in [0, 0.05) is 14.4 Å². The molecule has 1 saturated carbocycles. The molecular formula is C10H21NOS. The molecule has 1 aliphatic rings. The topological polar surface area (TPSA) is 29.1 Å². The van der Waals surface area contributed by atoms with Crippen LogP contribution in [0.2, 0.25) is 0 Å². The first-order valence-electron chi connectivity index (χ1n) is 5.06. The minimum Gasteiger partial charge on any atom is -0.379 e. The maximum Gasteiger partial charge on any atom is 0.142 e. The highest BCUT2D eigenvalue weighted by Crippen LogP contribution is 2.21. The van der Waals surface area contributed by atoms with Crippen molar-refractivity contribution in [1.29, 1.82) is 0 Å². The molecule has 1 atom stereocenters. The Morgan fingerprint density at radius 2 is 2.31 bits per heavy atom. The van der Waals surface area contributed by atoms with Crippen LogP contribution in [-0.2, 0) is 4.79 Å². The highest BCUT2D eigenvalue weighted by atomic mass is 32.1. The Labute approximate surface area is 87.6 Å². The molecule has 1 rings (SSSR count). The third kappa shape index (κ3) is 3.85. The van der Waals surface area contributed by atoms with Crippen molar-refractivity contribution in [3.8, 4) is 0 Å². The van der Waals surface area contributed by atoms with Gasteiger partial charge in [0.15, 0.2) is 0 Å². The van der Waals surface area contributed by atoms with E-state index in [2.05, 4.69) is 5.32 Å². The molecule has 1 aliphatic carbocycles. The van der Waals surface area contributed by atoms with Gasteiger partial charge in [-0.1, -0.05) is 26.1 Å². The Balaban J connectivity index is 0. The lowest BCUT2D eigenvalue weighted by Gasteiger charge is -2.09. The van der Waals surface area contributed by atoms with Crippen LogP contribution < -0.4 is 5.32 Å². The predicted octanol–water partition coefficient (Wildman–Crippen LogP) is 2.56. The van der Waals surface area contributed by atoms with Crippen LogP contribution in [0, 0.1) is 5.92 Å². The van der Waals surface area contributed by atoms with Gasteiger partial charge in [0.25, 0.3) is 0 Å². The van der Waals surface area contributed by atoms with Gasteiger partial charge in [-0.3, -0.25) is 4.79 Å². The van der Waals surface area contributed by atoms with Gasteiger partial charge in [-0.25, -0.2) is 0 Å². The molecule has 0 saturated heterocycles. The normalized spacial score (nSPS) is 20.5. The summed E-state index contributed by atoms with van der Waals surface area (Å²) < 4.78 is 0. The van der Waals surface area contributed by atoms with Crippen molar-refractivity contribution >= 4 is 23.0 Å². The lowest BCUT2D eigenvalue weighted by atomic mass is 10.1. The van der Waals surface area contributed by atoms with E-state index in [4.69, 9.17) is 12.2 Å². The van der Waals surface area contributed by atoms with E-state index < -0.39 is 0 Å². The molecule has 2 nitrogen and oxygen atoms in total. The molecule has 0 spiro atoms. The first-order valence-corrected chi connectivity index (χ1v) is 5.47. The van der Waals surface area contributed by atoms with Crippen LogP contribution in [0.3, 0.4) is 0 Å². The average Bonchev–Trinajstić information content (AvgIpc) is 2.55. The fraction of sp³-hybridized carbons (Fsp3) is 0.800. The second-order valence-corrected chi connectivity index (χ2v) is 3.25. The molecule has 1 unspecified atom stereocenters. The molecule has 0 radical (unpaired) electrons. The van der Waals surface area contributed by atoms with Gasteiger partial charge in [0.05, 0.1) is 10.9 Å². The fourth-order valence-corrected chi connectivity index (χ4v) is 1.78. The summed E-state index contributed by atoms with van der Waals surface area (Å²) in [4.78, 5) is 11.9. The Hall–Kier alpha value is -0.440. The van der Waals surface area contributed by atoms with Crippen LogP contribution >= 0.6 is 12.2 Å². The molecule has 0 amide bonds. The van der Waals surface area contributed by atoms with Gasteiger partial charge >= 0.3 is 0 Å². The summed E-state index contributed by atoms with van der Waals surface area (Å²) >= 11 is 5.06. The molecule has 0 heterocycles. The number of carbonyl (C=O) groups excluding carboxylic acids is 1. The molecule has 1 fully saturated rings. The van der Waals surface area contributed by atoms with Crippen LogP contribution in [0.1, 0.15) is 41.5 Å². The van der Waals surface area contributed by atoms with Crippen LogP contribution in [-0.4, -0.2) is 17.3 Å². The minimum absolute atomic E-state index is 0. The number of hydrogen-bond donors (Lipinski definition) is 1. The van der Waals surface area contributed by atoms with Crippen molar-refractivity contribution in [1.82, 2.24) is 5.32 Å². The number of rotatable bonds is 2. The summed E-state index contributed by atoms with van der Waals surface area (Å²) in [6.45, 7) is 6.81. The SMILES string of the molecule is CC.CCNC(=S)C1CCCC1=O.[HH]. The lowest BCUT2D eigenvalue weighted by molar-refractivity contribution is -0.118. The van der Waals surface area contributed by atoms with Gasteiger partial charge < -0.3 is 5.32 Å². The number of thiocarbonyl (C=S) groups is 1. The number of Topliss-reactive ketones (excluding diaryl/α,β-unsaturated/α-hetero) is 1. The first-order chi connectivity index (χ1) is 6.25. The van der Waals surface area contributed by atoms with Gasteiger partial charge in [-0.2, -0.15) is 0 Å². The average molecular weight is 203 g/mol. The van der Waals surface area contributed by atoms with E-state index in [1.54, 1.807) is 0 Å². The van der Waals surface area contributed by atoms with Crippen molar-refractivity contribution < 1.29 is 6.22 Å². The molecule has 3 heteroatoms. The first kappa shape index (κ1) is 12.6. The van der Waals surface area contributed by atoms with Gasteiger partial charge in [0.1, 0.15) is 5.78 Å². The molecule has 78 valence electrons. The van der Waals surface area contributed by atoms with E-state index in [0.29, 0.717) is 5.78 Å². The van der Waals surface area contributed by atoms with E-state index >= 15 is 0 Å². The molecule has 13 heavy (non-hydrogen) atoms. The van der Waals surface area contributed by atoms with E-state index in [9.17, 15) is 4.79 Å². The zero-order chi connectivity index (χ0) is 10.3. The maximum absolute atomic E-state index is 11.2.